The summed E-state index contributed by atoms with van der Waals surface area (Å²) >= 11 is 0. The Hall–Kier alpha value is -2.54. The minimum absolute atomic E-state index is 0.428. The predicted molar refractivity (Wildman–Crippen MR) is 92.0 cm³/mol. The van der Waals surface area contributed by atoms with Gasteiger partial charge in [0.15, 0.2) is 0 Å². The highest BCUT2D eigenvalue weighted by atomic mass is 15.3. The molecule has 0 unspecified atom stereocenters. The van der Waals surface area contributed by atoms with Crippen molar-refractivity contribution >= 4 is 16.7 Å². The third-order valence-electron chi connectivity index (χ3n) is 4.64. The van der Waals surface area contributed by atoms with Gasteiger partial charge in [0.2, 0.25) is 0 Å². The third kappa shape index (κ3) is 3.07. The maximum Gasteiger partial charge on any atom is 0.145 e. The number of nitrogen functional groups attached to an aromatic ring is 1. The Kier molecular flexibility index (Phi) is 4.08. The molecule has 7 nitrogen and oxygen atoms in total. The van der Waals surface area contributed by atoms with E-state index >= 15 is 0 Å². The summed E-state index contributed by atoms with van der Waals surface area (Å²) in [5.41, 5.74) is 7.02. The lowest BCUT2D eigenvalue weighted by Crippen LogP contribution is -2.42. The number of hydrogen-bond donors (Lipinski definition) is 1. The Bertz CT molecular complexity index is 815. The van der Waals surface area contributed by atoms with E-state index in [2.05, 4.69) is 20.0 Å². The molecule has 3 aromatic rings. The molecule has 0 saturated carbocycles. The highest BCUT2D eigenvalue weighted by molar-refractivity contribution is 5.87. The topological polar surface area (TPSA) is 85.8 Å². The zero-order valence-corrected chi connectivity index (χ0v) is 13.5. The molecular formula is C17H21N7. The molecule has 3 heterocycles. The highest BCUT2D eigenvalue weighted by Crippen LogP contribution is 2.22. The van der Waals surface area contributed by atoms with Crippen molar-refractivity contribution < 1.29 is 0 Å². The van der Waals surface area contributed by atoms with E-state index in [1.807, 2.05) is 28.9 Å². The van der Waals surface area contributed by atoms with E-state index in [0.29, 0.717) is 18.4 Å². The molecule has 1 atom stereocenters. The zero-order valence-electron chi connectivity index (χ0n) is 13.5. The summed E-state index contributed by atoms with van der Waals surface area (Å²) in [7, 11) is 0. The Morgan fingerprint density at radius 1 is 1.17 bits per heavy atom. The number of para-hydroxylation sites is 1. The summed E-state index contributed by atoms with van der Waals surface area (Å²) in [4.78, 5) is 15.7. The largest absolute Gasteiger partial charge is 0.383 e. The van der Waals surface area contributed by atoms with Gasteiger partial charge in [0.05, 0.1) is 18.6 Å². The third-order valence-corrected chi connectivity index (χ3v) is 4.64. The number of fused-ring (bicyclic) bond motifs is 1. The van der Waals surface area contributed by atoms with Gasteiger partial charge >= 0.3 is 0 Å². The molecule has 0 amide bonds. The van der Waals surface area contributed by atoms with Crippen LogP contribution in [0.1, 0.15) is 25.1 Å². The predicted octanol–water partition coefficient (Wildman–Crippen LogP) is 1.86. The van der Waals surface area contributed by atoms with Crippen molar-refractivity contribution in [2.75, 3.05) is 12.3 Å². The molecule has 0 radical (unpaired) electrons. The van der Waals surface area contributed by atoms with Crippen LogP contribution in [0.2, 0.25) is 0 Å². The van der Waals surface area contributed by atoms with Crippen molar-refractivity contribution in [2.45, 2.75) is 38.4 Å². The molecule has 2 aromatic heterocycles. The first kappa shape index (κ1) is 15.0. The molecule has 1 aromatic carbocycles. The van der Waals surface area contributed by atoms with Gasteiger partial charge in [-0.3, -0.25) is 9.58 Å². The molecule has 1 aliphatic heterocycles. The first-order valence-corrected chi connectivity index (χ1v) is 8.37. The van der Waals surface area contributed by atoms with E-state index < -0.39 is 0 Å². The van der Waals surface area contributed by atoms with E-state index in [4.69, 9.17) is 10.7 Å². The van der Waals surface area contributed by atoms with Gasteiger partial charge in [-0.25, -0.2) is 15.0 Å². The number of nitrogens with two attached hydrogens (primary N) is 1. The Labute approximate surface area is 140 Å². The molecule has 0 spiro atoms. The van der Waals surface area contributed by atoms with Crippen LogP contribution in [-0.2, 0) is 13.1 Å². The van der Waals surface area contributed by atoms with Gasteiger partial charge in [-0.05, 0) is 31.5 Å². The SMILES string of the molecule is Nc1nc(CN2CCCC[C@@H]2Cn2cncn2)nc2ccccc12. The van der Waals surface area contributed by atoms with Gasteiger partial charge in [-0.15, -0.1) is 0 Å². The van der Waals surface area contributed by atoms with Crippen LogP contribution in [0.15, 0.2) is 36.9 Å². The number of anilines is 1. The second-order valence-electron chi connectivity index (χ2n) is 6.28. The van der Waals surface area contributed by atoms with Crippen molar-refractivity contribution in [2.24, 2.45) is 0 Å². The monoisotopic (exact) mass is 323 g/mol. The maximum absolute atomic E-state index is 6.11. The van der Waals surface area contributed by atoms with Crippen LogP contribution in [0.4, 0.5) is 5.82 Å². The second-order valence-corrected chi connectivity index (χ2v) is 6.28. The van der Waals surface area contributed by atoms with Gasteiger partial charge < -0.3 is 5.73 Å². The lowest BCUT2D eigenvalue weighted by molar-refractivity contribution is 0.119. The van der Waals surface area contributed by atoms with Crippen molar-refractivity contribution in [1.29, 1.82) is 0 Å². The number of benzene rings is 1. The number of nitrogens with zero attached hydrogens (tertiary/aromatic N) is 6. The molecule has 24 heavy (non-hydrogen) atoms. The Balaban J connectivity index is 1.56. The molecule has 0 bridgehead atoms. The quantitative estimate of drug-likeness (QED) is 0.789. The molecule has 124 valence electrons. The Morgan fingerprint density at radius 2 is 2.08 bits per heavy atom. The first-order chi connectivity index (χ1) is 11.8. The number of aromatic nitrogens is 5. The van der Waals surface area contributed by atoms with Crippen LogP contribution in [0, 0.1) is 0 Å². The lowest BCUT2D eigenvalue weighted by Gasteiger charge is -2.35. The van der Waals surface area contributed by atoms with E-state index in [9.17, 15) is 0 Å². The van der Waals surface area contributed by atoms with Crippen molar-refractivity contribution in [3.63, 3.8) is 0 Å². The molecule has 1 saturated heterocycles. The van der Waals surface area contributed by atoms with Gasteiger partial charge in [-0.1, -0.05) is 18.6 Å². The average Bonchev–Trinajstić information content (AvgIpc) is 3.10. The van der Waals surface area contributed by atoms with Gasteiger partial charge in [0, 0.05) is 11.4 Å². The van der Waals surface area contributed by atoms with E-state index in [-0.39, 0.29) is 0 Å². The second kappa shape index (κ2) is 6.52. The molecule has 7 heteroatoms. The highest BCUT2D eigenvalue weighted by Gasteiger charge is 2.24. The Morgan fingerprint density at radius 3 is 2.96 bits per heavy atom. The smallest absolute Gasteiger partial charge is 0.145 e. The van der Waals surface area contributed by atoms with Gasteiger partial charge in [-0.2, -0.15) is 5.10 Å². The first-order valence-electron chi connectivity index (χ1n) is 8.37. The average molecular weight is 323 g/mol. The zero-order chi connectivity index (χ0) is 16.4. The van der Waals surface area contributed by atoms with Gasteiger partial charge in [0.1, 0.15) is 24.3 Å². The number of rotatable bonds is 4. The van der Waals surface area contributed by atoms with Crippen LogP contribution < -0.4 is 5.73 Å². The maximum atomic E-state index is 6.11. The van der Waals surface area contributed by atoms with E-state index in [0.717, 1.165) is 36.2 Å². The number of piperidine rings is 1. The standard InChI is InChI=1S/C17H21N7/c18-17-14-6-1-2-7-15(14)21-16(22-17)10-23-8-4-3-5-13(23)9-24-12-19-11-20-24/h1-2,6-7,11-13H,3-5,8-10H2,(H2,18,21,22)/t13-/m1/s1. The number of likely N-dealkylation sites (tertiary alicyclic amines) is 1. The van der Waals surface area contributed by atoms with Crippen molar-refractivity contribution in [3.8, 4) is 0 Å². The fourth-order valence-corrected chi connectivity index (χ4v) is 3.42. The summed E-state index contributed by atoms with van der Waals surface area (Å²) in [5.74, 6) is 1.34. The van der Waals surface area contributed by atoms with Crippen LogP contribution in [0.25, 0.3) is 10.9 Å². The number of hydrogen-bond acceptors (Lipinski definition) is 6. The molecule has 1 fully saturated rings. The van der Waals surface area contributed by atoms with Crippen LogP contribution in [-0.4, -0.2) is 42.2 Å². The van der Waals surface area contributed by atoms with Crippen molar-refractivity contribution in [1.82, 2.24) is 29.6 Å². The van der Waals surface area contributed by atoms with E-state index in [1.54, 1.807) is 12.7 Å². The fourth-order valence-electron chi connectivity index (χ4n) is 3.42. The summed E-state index contributed by atoms with van der Waals surface area (Å²) in [6.07, 6.45) is 6.97. The molecular weight excluding hydrogens is 302 g/mol. The van der Waals surface area contributed by atoms with Crippen LogP contribution >= 0.6 is 0 Å². The molecule has 0 aliphatic carbocycles. The van der Waals surface area contributed by atoms with Gasteiger partial charge in [0.25, 0.3) is 0 Å². The summed E-state index contributed by atoms with van der Waals surface area (Å²) in [5, 5.41) is 5.15. The van der Waals surface area contributed by atoms with Crippen LogP contribution in [0.3, 0.4) is 0 Å². The summed E-state index contributed by atoms with van der Waals surface area (Å²) in [6.45, 7) is 2.62. The minimum Gasteiger partial charge on any atom is -0.383 e. The molecule has 2 N–H and O–H groups in total. The fraction of sp³-hybridized carbons (Fsp3) is 0.412. The van der Waals surface area contributed by atoms with Crippen LogP contribution in [0.5, 0.6) is 0 Å². The summed E-state index contributed by atoms with van der Waals surface area (Å²) in [6, 6.07) is 8.31. The van der Waals surface area contributed by atoms with E-state index in [1.165, 1.54) is 12.8 Å². The summed E-state index contributed by atoms with van der Waals surface area (Å²) < 4.78 is 1.90. The molecule has 1 aliphatic rings. The minimum atomic E-state index is 0.428. The molecule has 4 rings (SSSR count). The van der Waals surface area contributed by atoms with Crippen molar-refractivity contribution in [3.05, 3.63) is 42.7 Å². The normalized spacial score (nSPS) is 18.9. The lowest BCUT2D eigenvalue weighted by atomic mass is 10.0.